The number of amides is 1. The molecule has 0 aromatic heterocycles. The van der Waals surface area contributed by atoms with Crippen LogP contribution in [-0.4, -0.2) is 332 Å². The zero-order valence-corrected chi connectivity index (χ0v) is 37.1. The smallest absolute Gasteiger partial charge is 0.217 e. The second-order valence-electron chi connectivity index (χ2n) is 17.3. The van der Waals surface area contributed by atoms with Crippen LogP contribution in [0.3, 0.4) is 0 Å². The Kier molecular flexibility index (Phi) is 22.1. The van der Waals surface area contributed by atoms with Crippen molar-refractivity contribution < 1.29 is 154 Å². The van der Waals surface area contributed by atoms with Gasteiger partial charge in [0.2, 0.25) is 5.91 Å². The van der Waals surface area contributed by atoms with E-state index in [1.807, 2.05) is 0 Å². The molecule has 0 aromatic rings. The van der Waals surface area contributed by atoms with Crippen LogP contribution >= 0.6 is 0 Å². The largest absolute Gasteiger partial charge is 0.394 e. The van der Waals surface area contributed by atoms with E-state index in [0.717, 1.165) is 6.92 Å². The normalized spacial score (nSPS) is 46.7. The maximum absolute atomic E-state index is 11.9. The van der Waals surface area contributed by atoms with E-state index < -0.39 is 230 Å². The Hall–Kier alpha value is -1.73. The molecule has 5 aliphatic rings. The lowest BCUT2D eigenvalue weighted by Crippen LogP contribution is -2.68. The Labute approximate surface area is 396 Å². The molecule has 21 N–H and O–H groups in total. The number of ether oxygens (including phenoxy) is 10. The second-order valence-corrected chi connectivity index (χ2v) is 17.3. The number of carbonyl (C=O) groups excluding carboxylic acids is 1. The first-order valence-corrected chi connectivity index (χ1v) is 22.0. The van der Waals surface area contributed by atoms with Gasteiger partial charge < -0.3 is 155 Å². The van der Waals surface area contributed by atoms with E-state index >= 15 is 0 Å². The van der Waals surface area contributed by atoms with Crippen molar-refractivity contribution in [1.82, 2.24) is 5.32 Å². The summed E-state index contributed by atoms with van der Waals surface area (Å²) in [5, 5.41) is 214. The lowest BCUT2D eigenvalue weighted by Gasteiger charge is -2.50. The van der Waals surface area contributed by atoms with Crippen LogP contribution in [0.2, 0.25) is 0 Å². The summed E-state index contributed by atoms with van der Waals surface area (Å²) < 4.78 is 56.7. The van der Waals surface area contributed by atoms with Gasteiger partial charge in [-0.3, -0.25) is 4.79 Å². The Balaban J connectivity index is 1.50. The summed E-state index contributed by atoms with van der Waals surface area (Å²) in [5.41, 5.74) is 0. The quantitative estimate of drug-likeness (QED) is 0.0507. The minimum absolute atomic E-state index is 0.785. The molecule has 0 aromatic carbocycles. The minimum Gasteiger partial charge on any atom is -0.394 e. The maximum atomic E-state index is 11.9. The van der Waals surface area contributed by atoms with Crippen LogP contribution in [0.5, 0.6) is 0 Å². The van der Waals surface area contributed by atoms with Crippen LogP contribution in [-0.2, 0) is 52.2 Å². The van der Waals surface area contributed by atoms with E-state index in [2.05, 4.69) is 5.32 Å². The first-order chi connectivity index (χ1) is 33.1. The molecular weight excluding hydrogens is 966 g/mol. The summed E-state index contributed by atoms with van der Waals surface area (Å²) in [6, 6.07) is -1.61. The van der Waals surface area contributed by atoms with Gasteiger partial charge in [0.25, 0.3) is 0 Å². The molecule has 5 rings (SSSR count). The average molecular weight is 1030 g/mol. The molecule has 0 bridgehead atoms. The lowest BCUT2D eigenvalue weighted by atomic mass is 9.95. The molecule has 29 atom stereocenters. The summed E-state index contributed by atoms with van der Waals surface area (Å²) in [7, 11) is 0. The van der Waals surface area contributed by atoms with Crippen molar-refractivity contribution in [2.45, 2.75) is 185 Å². The Morgan fingerprint density at radius 3 is 1.30 bits per heavy atom. The molecule has 410 valence electrons. The van der Waals surface area contributed by atoms with Gasteiger partial charge in [-0.2, -0.15) is 0 Å². The van der Waals surface area contributed by atoms with Gasteiger partial charge >= 0.3 is 0 Å². The first kappa shape index (κ1) is 59.2. The highest BCUT2D eigenvalue weighted by Crippen LogP contribution is 2.36. The summed E-state index contributed by atoms with van der Waals surface area (Å²) in [6.45, 7) is -6.01. The van der Waals surface area contributed by atoms with Crippen molar-refractivity contribution >= 4 is 5.91 Å². The Morgan fingerprint density at radius 2 is 0.857 bits per heavy atom. The van der Waals surface area contributed by atoms with Gasteiger partial charge in [-0.1, -0.05) is 0 Å². The molecule has 0 radical (unpaired) electrons. The molecular formula is C38H67NO31. The van der Waals surface area contributed by atoms with E-state index in [4.69, 9.17) is 47.4 Å². The zero-order chi connectivity index (χ0) is 52.0. The molecule has 1 amide bonds. The molecule has 32 heteroatoms. The van der Waals surface area contributed by atoms with Gasteiger partial charge in [0.05, 0.1) is 52.3 Å². The number of hydrogen-bond donors (Lipinski definition) is 21. The predicted octanol–water partition coefficient (Wildman–Crippen LogP) is -14.3. The molecule has 5 fully saturated rings. The first-order valence-electron chi connectivity index (χ1n) is 22.0. The van der Waals surface area contributed by atoms with Gasteiger partial charge in [0.15, 0.2) is 31.5 Å². The van der Waals surface area contributed by atoms with Gasteiger partial charge in [-0.05, 0) is 0 Å². The summed E-state index contributed by atoms with van der Waals surface area (Å²) in [5.74, 6) is -0.785. The molecule has 0 saturated carbocycles. The number of carbonyl (C=O) groups is 1. The van der Waals surface area contributed by atoms with Crippen molar-refractivity contribution in [2.75, 3.05) is 46.2 Å². The highest BCUT2D eigenvalue weighted by atomic mass is 16.8. The molecule has 0 unspecified atom stereocenters. The highest BCUT2D eigenvalue weighted by Gasteiger charge is 2.57. The van der Waals surface area contributed by atoms with Crippen molar-refractivity contribution in [2.24, 2.45) is 0 Å². The maximum Gasteiger partial charge on any atom is 0.217 e. The third-order valence-electron chi connectivity index (χ3n) is 12.5. The SMILES string of the molecule is CC(=O)N[C@@H](CO)[C@@H](O)[C@H](O[C@@H]1O[C@H](CO[C@H]2O[C@H](CO)[C@@H](O)[C@H](O)[C@@H]2O)[C@@H](O)[C@H](O[C@H]2O[C@H](CO)[C@@H](O)[C@H](O)[C@@H]2O[C@H]2O[C@H](CO)[C@@H](O)[C@H](O)[C@@H]2O[C@H]2O[C@H](CO)[C@@H](O)[C@H](O)[C@@H]2O)[C@@H]1O)[C@H](O)CO. The van der Waals surface area contributed by atoms with Crippen molar-refractivity contribution in [3.05, 3.63) is 0 Å². The van der Waals surface area contributed by atoms with Crippen molar-refractivity contribution in [3.63, 3.8) is 0 Å². The summed E-state index contributed by atoms with van der Waals surface area (Å²) >= 11 is 0. The van der Waals surface area contributed by atoms with Crippen LogP contribution in [0.4, 0.5) is 0 Å². The topological polar surface area (TPSA) is 526 Å². The third-order valence-corrected chi connectivity index (χ3v) is 12.5. The molecule has 5 saturated heterocycles. The number of aliphatic hydroxyl groups excluding tert-OH is 20. The molecule has 5 heterocycles. The Bertz CT molecular complexity index is 1580. The number of rotatable bonds is 21. The second kappa shape index (κ2) is 26.2. The van der Waals surface area contributed by atoms with E-state index in [-0.39, 0.29) is 0 Å². The minimum atomic E-state index is -2.38. The van der Waals surface area contributed by atoms with Crippen LogP contribution in [0, 0.1) is 0 Å². The predicted molar refractivity (Wildman–Crippen MR) is 213 cm³/mol. The fourth-order valence-electron chi connectivity index (χ4n) is 8.36. The van der Waals surface area contributed by atoms with Gasteiger partial charge in [0.1, 0.15) is 140 Å². The fourth-order valence-corrected chi connectivity index (χ4v) is 8.36. The third kappa shape index (κ3) is 13.0. The monoisotopic (exact) mass is 1030 g/mol. The van der Waals surface area contributed by atoms with E-state index in [0.29, 0.717) is 0 Å². The van der Waals surface area contributed by atoms with Gasteiger partial charge in [-0.25, -0.2) is 0 Å². The molecule has 5 aliphatic heterocycles. The standard InChI is InChI=1S/C38H67NO31/c1-9(46)39-10(2-40)17(48)30(11(47)3-41)67-36-29(60)31(22(53)16(66-36)8-61-34-27(58)23(54)18(49)12(4-42)62-34)68-37-33(26(57)21(52)14(6-44)64-37)70-38-32(25(56)20(51)15(7-45)65-38)69-35-28(59)24(55)19(50)13(5-43)63-35/h10-38,40-45,47-60H,2-8H2,1H3,(H,39,46)/t10-,11+,12+,13+,14+,15+,16+,17+,18+,19+,20+,21+,22+,23-,24-,25-,26-,27-,28-,29-,30+,31-,32-,33-,34-,35+,36-,37+,38+/m0/s1. The number of aliphatic hydroxyl groups is 20. The van der Waals surface area contributed by atoms with E-state index in [1.165, 1.54) is 0 Å². The van der Waals surface area contributed by atoms with Crippen LogP contribution in [0.15, 0.2) is 0 Å². The molecule has 0 spiro atoms. The summed E-state index contributed by atoms with van der Waals surface area (Å²) in [4.78, 5) is 11.9. The van der Waals surface area contributed by atoms with E-state index in [9.17, 15) is 107 Å². The molecule has 32 nitrogen and oxygen atoms in total. The lowest BCUT2D eigenvalue weighted by molar-refractivity contribution is -0.406. The fraction of sp³-hybridized carbons (Fsp3) is 0.974. The van der Waals surface area contributed by atoms with E-state index in [1.54, 1.807) is 0 Å². The number of hydrogen-bond acceptors (Lipinski definition) is 31. The summed E-state index contributed by atoms with van der Waals surface area (Å²) in [6.07, 6.45) is -56.9. The van der Waals surface area contributed by atoms with Crippen molar-refractivity contribution in [1.29, 1.82) is 0 Å². The highest BCUT2D eigenvalue weighted by molar-refractivity contribution is 5.73. The number of nitrogens with one attached hydrogen (secondary N) is 1. The van der Waals surface area contributed by atoms with Crippen LogP contribution in [0.25, 0.3) is 0 Å². The van der Waals surface area contributed by atoms with Gasteiger partial charge in [0, 0.05) is 6.92 Å². The van der Waals surface area contributed by atoms with Crippen LogP contribution < -0.4 is 5.32 Å². The van der Waals surface area contributed by atoms with Crippen molar-refractivity contribution in [3.8, 4) is 0 Å². The zero-order valence-electron chi connectivity index (χ0n) is 37.1. The Morgan fingerprint density at radius 1 is 0.457 bits per heavy atom. The van der Waals surface area contributed by atoms with Gasteiger partial charge in [-0.15, -0.1) is 0 Å². The molecule has 0 aliphatic carbocycles. The average Bonchev–Trinajstić information content (AvgIpc) is 3.34. The molecule has 70 heavy (non-hydrogen) atoms. The van der Waals surface area contributed by atoms with Crippen LogP contribution in [0.1, 0.15) is 6.92 Å².